The maximum Gasteiger partial charge on any atom is 0.345 e. The molecule has 0 spiro atoms. The van der Waals surface area contributed by atoms with Crippen LogP contribution in [0.15, 0.2) is 0 Å². The molecule has 2 rings (SSSR count). The average Bonchev–Trinajstić information content (AvgIpc) is 2.50. The van der Waals surface area contributed by atoms with Gasteiger partial charge in [0.05, 0.1) is 0 Å². The van der Waals surface area contributed by atoms with Gasteiger partial charge < -0.3 is 9.84 Å². The minimum atomic E-state index is -1.11. The number of benzene rings is 1. The second-order valence-corrected chi connectivity index (χ2v) is 4.07. The molecule has 0 amide bonds. The van der Waals surface area contributed by atoms with Gasteiger partial charge in [0.25, 0.3) is 0 Å². The lowest BCUT2D eigenvalue weighted by atomic mass is 9.92. The third-order valence-electron chi connectivity index (χ3n) is 3.38. The first kappa shape index (κ1) is 10.2. The highest BCUT2D eigenvalue weighted by Crippen LogP contribution is 2.41. The molecule has 1 aliphatic heterocycles. The van der Waals surface area contributed by atoms with E-state index in [-0.39, 0.29) is 0 Å². The molecule has 1 aromatic rings. The molecule has 80 valence electrons. The Bertz CT molecular complexity index is 461. The molecular formula is C12H14O3. The van der Waals surface area contributed by atoms with E-state index in [0.29, 0.717) is 11.3 Å². The summed E-state index contributed by atoms with van der Waals surface area (Å²) < 4.78 is 5.08. The van der Waals surface area contributed by atoms with E-state index in [1.807, 2.05) is 27.7 Å². The van der Waals surface area contributed by atoms with Crippen molar-refractivity contribution < 1.29 is 14.6 Å². The van der Waals surface area contributed by atoms with E-state index in [4.69, 9.17) is 4.74 Å². The Morgan fingerprint density at radius 3 is 2.13 bits per heavy atom. The highest BCUT2D eigenvalue weighted by Gasteiger charge is 2.35. The smallest absolute Gasteiger partial charge is 0.345 e. The SMILES string of the molecule is Cc1c(C)c(C)c2c(c1C)OC(=O)C2O. The Labute approximate surface area is 88.7 Å². The van der Waals surface area contributed by atoms with Gasteiger partial charge >= 0.3 is 5.97 Å². The molecule has 15 heavy (non-hydrogen) atoms. The predicted octanol–water partition coefficient (Wildman–Crippen LogP) is 1.87. The van der Waals surface area contributed by atoms with Crippen LogP contribution < -0.4 is 4.74 Å². The van der Waals surface area contributed by atoms with Crippen LogP contribution in [-0.2, 0) is 4.79 Å². The van der Waals surface area contributed by atoms with E-state index in [2.05, 4.69) is 0 Å². The van der Waals surface area contributed by atoms with Gasteiger partial charge in [-0.1, -0.05) is 0 Å². The van der Waals surface area contributed by atoms with Crippen molar-refractivity contribution in [1.29, 1.82) is 0 Å². The number of hydrogen-bond donors (Lipinski definition) is 1. The molecule has 0 aliphatic carbocycles. The van der Waals surface area contributed by atoms with Crippen molar-refractivity contribution >= 4 is 5.97 Å². The Balaban J connectivity index is 2.80. The van der Waals surface area contributed by atoms with Gasteiger partial charge in [-0.25, -0.2) is 4.79 Å². The van der Waals surface area contributed by atoms with Crippen LogP contribution in [0.5, 0.6) is 5.75 Å². The summed E-state index contributed by atoms with van der Waals surface area (Å²) in [7, 11) is 0. The highest BCUT2D eigenvalue weighted by molar-refractivity contribution is 5.86. The fraction of sp³-hybridized carbons (Fsp3) is 0.417. The Hall–Kier alpha value is -1.35. The number of carbonyl (C=O) groups excluding carboxylic acids is 1. The number of carbonyl (C=O) groups is 1. The Morgan fingerprint density at radius 1 is 1.00 bits per heavy atom. The lowest BCUT2D eigenvalue weighted by molar-refractivity contribution is -0.140. The van der Waals surface area contributed by atoms with Gasteiger partial charge in [-0.2, -0.15) is 0 Å². The molecule has 3 heteroatoms. The monoisotopic (exact) mass is 206 g/mol. The number of esters is 1. The summed E-state index contributed by atoms with van der Waals surface area (Å²) in [6.07, 6.45) is -1.11. The quantitative estimate of drug-likeness (QED) is 0.520. The summed E-state index contributed by atoms with van der Waals surface area (Å²) in [6.45, 7) is 7.81. The second kappa shape index (κ2) is 3.07. The molecule has 0 radical (unpaired) electrons. The molecule has 0 bridgehead atoms. The zero-order valence-electron chi connectivity index (χ0n) is 9.34. The van der Waals surface area contributed by atoms with Crippen molar-refractivity contribution in [3.05, 3.63) is 27.8 Å². The maximum atomic E-state index is 11.3. The molecule has 1 unspecified atom stereocenters. The average molecular weight is 206 g/mol. The Morgan fingerprint density at radius 2 is 1.53 bits per heavy atom. The Kier molecular flexibility index (Phi) is 2.08. The standard InChI is InChI=1S/C12H14O3/c1-5-6(2)8(4)11-9(7(5)3)10(13)12(14)15-11/h10,13H,1-4H3. The van der Waals surface area contributed by atoms with Crippen molar-refractivity contribution in [2.24, 2.45) is 0 Å². The van der Waals surface area contributed by atoms with Crippen LogP contribution in [0.2, 0.25) is 0 Å². The van der Waals surface area contributed by atoms with E-state index < -0.39 is 12.1 Å². The van der Waals surface area contributed by atoms with Crippen molar-refractivity contribution in [3.63, 3.8) is 0 Å². The summed E-state index contributed by atoms with van der Waals surface area (Å²) >= 11 is 0. The summed E-state index contributed by atoms with van der Waals surface area (Å²) in [4.78, 5) is 11.3. The molecule has 1 aliphatic rings. The van der Waals surface area contributed by atoms with E-state index in [1.165, 1.54) is 0 Å². The van der Waals surface area contributed by atoms with E-state index in [9.17, 15) is 9.90 Å². The highest BCUT2D eigenvalue weighted by atomic mass is 16.6. The lowest BCUT2D eigenvalue weighted by Gasteiger charge is -2.13. The van der Waals surface area contributed by atoms with Crippen LogP contribution in [0.25, 0.3) is 0 Å². The number of aliphatic hydroxyl groups is 1. The van der Waals surface area contributed by atoms with Crippen LogP contribution in [0.1, 0.15) is 33.9 Å². The molecule has 0 fully saturated rings. The first-order valence-corrected chi connectivity index (χ1v) is 4.95. The van der Waals surface area contributed by atoms with Gasteiger partial charge in [-0.3, -0.25) is 0 Å². The van der Waals surface area contributed by atoms with E-state index in [0.717, 1.165) is 22.3 Å². The van der Waals surface area contributed by atoms with E-state index in [1.54, 1.807) is 0 Å². The number of rotatable bonds is 0. The van der Waals surface area contributed by atoms with Crippen molar-refractivity contribution in [2.75, 3.05) is 0 Å². The molecule has 0 saturated carbocycles. The van der Waals surface area contributed by atoms with Crippen LogP contribution in [0, 0.1) is 27.7 Å². The lowest BCUT2D eigenvalue weighted by Crippen LogP contribution is -2.09. The number of hydrogen-bond acceptors (Lipinski definition) is 3. The van der Waals surface area contributed by atoms with E-state index >= 15 is 0 Å². The topological polar surface area (TPSA) is 46.5 Å². The number of aliphatic hydroxyl groups excluding tert-OH is 1. The molecule has 3 nitrogen and oxygen atoms in total. The normalized spacial score (nSPS) is 19.0. The molecule has 1 aromatic carbocycles. The summed E-state index contributed by atoms with van der Waals surface area (Å²) in [5.41, 5.74) is 4.77. The van der Waals surface area contributed by atoms with Crippen LogP contribution in [0.3, 0.4) is 0 Å². The second-order valence-electron chi connectivity index (χ2n) is 4.07. The van der Waals surface area contributed by atoms with Crippen LogP contribution in [0.4, 0.5) is 0 Å². The first-order valence-electron chi connectivity index (χ1n) is 4.95. The molecule has 1 atom stereocenters. The molecule has 1 heterocycles. The minimum Gasteiger partial charge on any atom is -0.424 e. The summed E-state index contributed by atoms with van der Waals surface area (Å²) in [5, 5.41) is 9.70. The zero-order valence-corrected chi connectivity index (χ0v) is 9.34. The number of fused-ring (bicyclic) bond motifs is 1. The van der Waals surface area contributed by atoms with Gasteiger partial charge in [-0.05, 0) is 49.9 Å². The first-order chi connectivity index (χ1) is 6.95. The van der Waals surface area contributed by atoms with Crippen molar-refractivity contribution in [2.45, 2.75) is 33.8 Å². The van der Waals surface area contributed by atoms with Gasteiger partial charge in [-0.15, -0.1) is 0 Å². The van der Waals surface area contributed by atoms with Crippen molar-refractivity contribution in [1.82, 2.24) is 0 Å². The third kappa shape index (κ3) is 1.20. The largest absolute Gasteiger partial charge is 0.424 e. The minimum absolute atomic E-state index is 0.549. The molecule has 1 N–H and O–H groups in total. The van der Waals surface area contributed by atoms with Crippen LogP contribution >= 0.6 is 0 Å². The molecule has 0 saturated heterocycles. The zero-order chi connectivity index (χ0) is 11.3. The predicted molar refractivity (Wildman–Crippen MR) is 56.0 cm³/mol. The summed E-state index contributed by atoms with van der Waals surface area (Å²) in [5.74, 6) is -0.0192. The van der Waals surface area contributed by atoms with Crippen molar-refractivity contribution in [3.8, 4) is 5.75 Å². The van der Waals surface area contributed by atoms with Gasteiger partial charge in [0.2, 0.25) is 0 Å². The van der Waals surface area contributed by atoms with Gasteiger partial charge in [0, 0.05) is 5.56 Å². The summed E-state index contributed by atoms with van der Waals surface area (Å²) in [6, 6.07) is 0. The molecular weight excluding hydrogens is 192 g/mol. The molecule has 0 aromatic heterocycles. The van der Waals surface area contributed by atoms with Gasteiger partial charge in [0.15, 0.2) is 6.10 Å². The third-order valence-corrected chi connectivity index (χ3v) is 3.38. The maximum absolute atomic E-state index is 11.3. The van der Waals surface area contributed by atoms with Gasteiger partial charge in [0.1, 0.15) is 5.75 Å². The fourth-order valence-electron chi connectivity index (χ4n) is 2.04. The fourth-order valence-corrected chi connectivity index (χ4v) is 2.04. The number of ether oxygens (including phenoxy) is 1. The van der Waals surface area contributed by atoms with Crippen LogP contribution in [-0.4, -0.2) is 11.1 Å².